The van der Waals surface area contributed by atoms with Crippen molar-refractivity contribution in [1.82, 2.24) is 24.3 Å². The second kappa shape index (κ2) is 8.75. The lowest BCUT2D eigenvalue weighted by molar-refractivity contribution is -0.114. The number of benzene rings is 2. The lowest BCUT2D eigenvalue weighted by Crippen LogP contribution is -2.36. The van der Waals surface area contributed by atoms with Crippen molar-refractivity contribution in [3.8, 4) is 23.0 Å². The predicted molar refractivity (Wildman–Crippen MR) is 129 cm³/mol. The summed E-state index contributed by atoms with van der Waals surface area (Å²) in [6, 6.07) is 13.9. The van der Waals surface area contributed by atoms with E-state index in [4.69, 9.17) is 4.42 Å². The van der Waals surface area contributed by atoms with Crippen LogP contribution in [0, 0.1) is 6.92 Å². The molecule has 2 aromatic carbocycles. The highest BCUT2D eigenvalue weighted by atomic mass is 32.2. The third kappa shape index (κ3) is 4.35. The van der Waals surface area contributed by atoms with Gasteiger partial charge in [-0.15, -0.1) is 10.2 Å². The normalized spacial score (nSPS) is 14.0. The Balaban J connectivity index is 1.44. The van der Waals surface area contributed by atoms with E-state index in [0.717, 1.165) is 22.4 Å². The number of nitrogens with one attached hydrogen (secondary N) is 1. The van der Waals surface area contributed by atoms with E-state index in [1.165, 1.54) is 23.4 Å². The van der Waals surface area contributed by atoms with Crippen molar-refractivity contribution < 1.29 is 17.6 Å². The molecule has 35 heavy (non-hydrogen) atoms. The Hall–Kier alpha value is -3.83. The molecule has 0 fully saturated rings. The number of carbonyl (C=O) groups excluding carboxylic acids is 1. The van der Waals surface area contributed by atoms with Gasteiger partial charge in [-0.1, -0.05) is 17.7 Å². The molecule has 1 aliphatic rings. The van der Waals surface area contributed by atoms with E-state index >= 15 is 0 Å². The molecule has 0 saturated heterocycles. The molecule has 180 valence electrons. The van der Waals surface area contributed by atoms with Crippen LogP contribution in [0.5, 0.6) is 0 Å². The van der Waals surface area contributed by atoms with Gasteiger partial charge in [0, 0.05) is 56.0 Å². The minimum absolute atomic E-state index is 0.135. The van der Waals surface area contributed by atoms with Crippen LogP contribution in [0.3, 0.4) is 0 Å². The first-order chi connectivity index (χ1) is 16.7. The molecule has 0 aliphatic carbocycles. The largest absolute Gasteiger partial charge is 0.415 e. The fraction of sp³-hybridized carbons (Fsp3) is 0.250. The van der Waals surface area contributed by atoms with Gasteiger partial charge in [-0.2, -0.15) is 9.40 Å². The number of aromatic nitrogens is 4. The smallest absolute Gasteiger partial charge is 0.268 e. The van der Waals surface area contributed by atoms with Crippen LogP contribution in [0.4, 0.5) is 5.69 Å². The summed E-state index contributed by atoms with van der Waals surface area (Å²) >= 11 is 0. The first kappa shape index (κ1) is 22.9. The minimum atomic E-state index is -3.76. The fourth-order valence-corrected chi connectivity index (χ4v) is 5.55. The Morgan fingerprint density at radius 2 is 1.71 bits per heavy atom. The van der Waals surface area contributed by atoms with E-state index in [-0.39, 0.29) is 23.2 Å². The fourth-order valence-electron chi connectivity index (χ4n) is 4.14. The topological polar surface area (TPSA) is 123 Å². The van der Waals surface area contributed by atoms with Crippen molar-refractivity contribution in [2.24, 2.45) is 7.05 Å². The maximum atomic E-state index is 13.4. The van der Waals surface area contributed by atoms with Gasteiger partial charge in [0.25, 0.3) is 5.89 Å². The molecule has 1 aliphatic heterocycles. The number of carbonyl (C=O) groups is 1. The Morgan fingerprint density at radius 3 is 2.40 bits per heavy atom. The van der Waals surface area contributed by atoms with Gasteiger partial charge in [-0.3, -0.25) is 9.48 Å². The van der Waals surface area contributed by atoms with Gasteiger partial charge in [0.1, 0.15) is 0 Å². The molecule has 2 aromatic heterocycles. The van der Waals surface area contributed by atoms with Gasteiger partial charge in [0.2, 0.25) is 21.8 Å². The van der Waals surface area contributed by atoms with Gasteiger partial charge in [-0.25, -0.2) is 8.42 Å². The summed E-state index contributed by atoms with van der Waals surface area (Å²) in [5.41, 5.74) is 4.62. The molecule has 3 heterocycles. The molecule has 0 unspecified atom stereocenters. The zero-order valence-electron chi connectivity index (χ0n) is 19.5. The minimum Gasteiger partial charge on any atom is -0.415 e. The van der Waals surface area contributed by atoms with Crippen LogP contribution in [0.1, 0.15) is 23.7 Å². The highest BCUT2D eigenvalue weighted by Gasteiger charge is 2.33. The Kier molecular flexibility index (Phi) is 5.73. The van der Waals surface area contributed by atoms with Crippen LogP contribution < -0.4 is 5.32 Å². The number of rotatable bonds is 5. The molecule has 5 rings (SSSR count). The number of fused-ring (bicyclic) bond motifs is 1. The molecular weight excluding hydrogens is 468 g/mol. The van der Waals surface area contributed by atoms with Crippen molar-refractivity contribution in [1.29, 1.82) is 0 Å². The predicted octanol–water partition coefficient (Wildman–Crippen LogP) is 3.15. The van der Waals surface area contributed by atoms with E-state index in [9.17, 15) is 13.2 Å². The third-order valence-electron chi connectivity index (χ3n) is 5.95. The van der Waals surface area contributed by atoms with Crippen LogP contribution in [-0.4, -0.2) is 45.2 Å². The Bertz CT molecular complexity index is 1500. The van der Waals surface area contributed by atoms with E-state index in [1.54, 1.807) is 16.8 Å². The van der Waals surface area contributed by atoms with Crippen molar-refractivity contribution in [2.75, 3.05) is 11.9 Å². The Labute approximate surface area is 202 Å². The first-order valence-electron chi connectivity index (χ1n) is 11.1. The second-order valence-electron chi connectivity index (χ2n) is 8.47. The lowest BCUT2D eigenvalue weighted by atomic mass is 10.1. The number of sulfonamides is 1. The lowest BCUT2D eigenvalue weighted by Gasteiger charge is -2.26. The summed E-state index contributed by atoms with van der Waals surface area (Å²) in [7, 11) is -1.94. The molecule has 0 saturated carbocycles. The van der Waals surface area contributed by atoms with Crippen LogP contribution in [0.25, 0.3) is 23.0 Å². The first-order valence-corrected chi connectivity index (χ1v) is 12.5. The molecule has 0 atom stereocenters. The summed E-state index contributed by atoms with van der Waals surface area (Å²) < 4.78 is 35.8. The van der Waals surface area contributed by atoms with Crippen LogP contribution >= 0.6 is 0 Å². The molecule has 1 N–H and O–H groups in total. The van der Waals surface area contributed by atoms with Crippen molar-refractivity contribution in [3.05, 3.63) is 65.4 Å². The molecule has 10 nitrogen and oxygen atoms in total. The average molecular weight is 493 g/mol. The molecular formula is C24H24N6O4S. The quantitative estimate of drug-likeness (QED) is 0.454. The molecule has 1 amide bonds. The summed E-state index contributed by atoms with van der Waals surface area (Å²) in [5, 5.41) is 15.6. The summed E-state index contributed by atoms with van der Waals surface area (Å²) in [5.74, 6) is 0.398. The van der Waals surface area contributed by atoms with E-state index in [1.807, 2.05) is 38.2 Å². The van der Waals surface area contributed by atoms with E-state index < -0.39 is 10.0 Å². The molecule has 11 heteroatoms. The number of hydrogen-bond donors (Lipinski definition) is 1. The number of anilines is 1. The SMILES string of the molecule is CC(=O)Nc1ccc(S(=O)(=O)N2CCc3c(c(-c4nnc(-c5ccc(C)cc5)o4)nn3C)C2)cc1. The number of nitrogens with zero attached hydrogens (tertiary/aromatic N) is 5. The summed E-state index contributed by atoms with van der Waals surface area (Å²) in [4.78, 5) is 11.4. The van der Waals surface area contributed by atoms with Crippen molar-refractivity contribution in [2.45, 2.75) is 31.7 Å². The molecule has 0 spiro atoms. The molecule has 0 bridgehead atoms. The van der Waals surface area contributed by atoms with Crippen LogP contribution in [0.2, 0.25) is 0 Å². The number of aryl methyl sites for hydroxylation is 2. The van der Waals surface area contributed by atoms with E-state index in [2.05, 4.69) is 20.6 Å². The van der Waals surface area contributed by atoms with Gasteiger partial charge in [0.15, 0.2) is 5.69 Å². The molecule has 4 aromatic rings. The Morgan fingerprint density at radius 1 is 1.03 bits per heavy atom. The van der Waals surface area contributed by atoms with E-state index in [0.29, 0.717) is 30.2 Å². The monoisotopic (exact) mass is 492 g/mol. The standard InChI is InChI=1S/C24H24N6O4S/c1-15-4-6-17(7-5-15)23-26-27-24(34-23)22-20-14-30(13-12-21(20)29(3)28-22)35(32,33)19-10-8-18(9-11-19)25-16(2)31/h4-11H,12-14H2,1-3H3,(H,25,31). The third-order valence-corrected chi connectivity index (χ3v) is 7.81. The highest BCUT2D eigenvalue weighted by molar-refractivity contribution is 7.89. The maximum Gasteiger partial charge on any atom is 0.268 e. The van der Waals surface area contributed by atoms with Crippen LogP contribution in [0.15, 0.2) is 57.8 Å². The highest BCUT2D eigenvalue weighted by Crippen LogP contribution is 2.33. The number of hydrogen-bond acceptors (Lipinski definition) is 7. The second-order valence-corrected chi connectivity index (χ2v) is 10.4. The van der Waals surface area contributed by atoms with Crippen molar-refractivity contribution >= 4 is 21.6 Å². The van der Waals surface area contributed by atoms with Gasteiger partial charge >= 0.3 is 0 Å². The maximum absolute atomic E-state index is 13.4. The van der Waals surface area contributed by atoms with Gasteiger partial charge in [-0.05, 0) is 43.3 Å². The van der Waals surface area contributed by atoms with Gasteiger partial charge < -0.3 is 9.73 Å². The number of amides is 1. The average Bonchev–Trinajstić information content (AvgIpc) is 3.44. The zero-order valence-corrected chi connectivity index (χ0v) is 20.3. The van der Waals surface area contributed by atoms with Crippen LogP contribution in [-0.2, 0) is 34.8 Å². The van der Waals surface area contributed by atoms with Crippen molar-refractivity contribution in [3.63, 3.8) is 0 Å². The zero-order chi connectivity index (χ0) is 24.7. The van der Waals surface area contributed by atoms with Gasteiger partial charge in [0.05, 0.1) is 4.90 Å². The summed E-state index contributed by atoms with van der Waals surface area (Å²) in [6.07, 6.45) is 0.501. The summed E-state index contributed by atoms with van der Waals surface area (Å²) in [6.45, 7) is 3.85. The molecule has 0 radical (unpaired) electrons.